The molecule has 0 spiro atoms. The number of alkyl halides is 3. The maximum Gasteiger partial charge on any atom is 0.573 e. The van der Waals surface area contributed by atoms with Crippen molar-refractivity contribution in [2.75, 3.05) is 5.32 Å². The zero-order chi connectivity index (χ0) is 14.8. The first-order valence-electron chi connectivity index (χ1n) is 5.53. The molecular formula is C12H10F3N3O2. The molecule has 0 unspecified atom stereocenters. The van der Waals surface area contributed by atoms with Crippen molar-refractivity contribution in [3.8, 4) is 5.75 Å². The van der Waals surface area contributed by atoms with E-state index in [0.29, 0.717) is 5.69 Å². The summed E-state index contributed by atoms with van der Waals surface area (Å²) in [7, 11) is 0. The van der Waals surface area contributed by atoms with E-state index in [0.717, 1.165) is 17.8 Å². The fraction of sp³-hybridized carbons (Fsp3) is 0.167. The maximum atomic E-state index is 12.0. The van der Waals surface area contributed by atoms with E-state index in [1.807, 2.05) is 0 Å². The van der Waals surface area contributed by atoms with Gasteiger partial charge in [-0.1, -0.05) is 0 Å². The van der Waals surface area contributed by atoms with Gasteiger partial charge in [0.1, 0.15) is 5.75 Å². The molecule has 0 fully saturated rings. The first kappa shape index (κ1) is 13.9. The van der Waals surface area contributed by atoms with E-state index in [1.54, 1.807) is 13.0 Å². The molecule has 1 aromatic heterocycles. The van der Waals surface area contributed by atoms with Gasteiger partial charge in [0.25, 0.3) is 5.91 Å². The van der Waals surface area contributed by atoms with Crippen molar-refractivity contribution in [3.63, 3.8) is 0 Å². The van der Waals surface area contributed by atoms with Crippen LogP contribution in [0.15, 0.2) is 30.3 Å². The van der Waals surface area contributed by atoms with Crippen LogP contribution < -0.4 is 10.1 Å². The van der Waals surface area contributed by atoms with Crippen LogP contribution in [0.5, 0.6) is 5.75 Å². The molecule has 2 aromatic rings. The topological polar surface area (TPSA) is 67.0 Å². The largest absolute Gasteiger partial charge is 0.573 e. The minimum Gasteiger partial charge on any atom is -0.406 e. The summed E-state index contributed by atoms with van der Waals surface area (Å²) in [4.78, 5) is 11.7. The third-order valence-corrected chi connectivity index (χ3v) is 2.28. The van der Waals surface area contributed by atoms with Gasteiger partial charge in [0.05, 0.1) is 0 Å². The summed E-state index contributed by atoms with van der Waals surface area (Å²) in [5.41, 5.74) is 1.26. The third-order valence-electron chi connectivity index (χ3n) is 2.28. The van der Waals surface area contributed by atoms with Gasteiger partial charge in [0.2, 0.25) is 0 Å². The normalized spacial score (nSPS) is 11.2. The number of hydrogen-bond acceptors (Lipinski definition) is 3. The Hall–Kier alpha value is -2.51. The average molecular weight is 285 g/mol. The van der Waals surface area contributed by atoms with E-state index in [9.17, 15) is 18.0 Å². The second kappa shape index (κ2) is 5.24. The highest BCUT2D eigenvalue weighted by Gasteiger charge is 2.30. The number of rotatable bonds is 3. The molecule has 2 N–H and O–H groups in total. The van der Waals surface area contributed by atoms with Crippen LogP contribution in [-0.2, 0) is 0 Å². The molecule has 20 heavy (non-hydrogen) atoms. The minimum atomic E-state index is -4.74. The summed E-state index contributed by atoms with van der Waals surface area (Å²) in [6.45, 7) is 1.74. The van der Waals surface area contributed by atoms with Gasteiger partial charge in [-0.25, -0.2) is 0 Å². The van der Waals surface area contributed by atoms with E-state index in [4.69, 9.17) is 0 Å². The van der Waals surface area contributed by atoms with Crippen molar-refractivity contribution >= 4 is 11.6 Å². The average Bonchev–Trinajstić information content (AvgIpc) is 2.77. The van der Waals surface area contributed by atoms with Crippen molar-refractivity contribution in [3.05, 3.63) is 41.7 Å². The number of H-pyrrole nitrogens is 1. The smallest absolute Gasteiger partial charge is 0.406 e. The number of hydrogen-bond donors (Lipinski definition) is 2. The number of benzene rings is 1. The molecule has 106 valence electrons. The number of aromatic nitrogens is 2. The maximum absolute atomic E-state index is 12.0. The molecule has 1 amide bonds. The first-order valence-corrected chi connectivity index (χ1v) is 5.53. The molecule has 1 heterocycles. The summed E-state index contributed by atoms with van der Waals surface area (Å²) >= 11 is 0. The molecule has 5 nitrogen and oxygen atoms in total. The number of ether oxygens (including phenoxy) is 1. The molecule has 0 bridgehead atoms. The van der Waals surface area contributed by atoms with E-state index >= 15 is 0 Å². The first-order chi connectivity index (χ1) is 9.33. The molecule has 0 atom stereocenters. The van der Waals surface area contributed by atoms with Crippen LogP contribution in [0.25, 0.3) is 0 Å². The Morgan fingerprint density at radius 2 is 1.95 bits per heavy atom. The number of aromatic amines is 1. The summed E-state index contributed by atoms with van der Waals surface area (Å²) in [6.07, 6.45) is -4.74. The monoisotopic (exact) mass is 285 g/mol. The number of carbonyl (C=O) groups is 1. The van der Waals surface area contributed by atoms with Crippen LogP contribution in [0.3, 0.4) is 0 Å². The van der Waals surface area contributed by atoms with Gasteiger partial charge >= 0.3 is 6.36 Å². The van der Waals surface area contributed by atoms with Crippen LogP contribution in [0.2, 0.25) is 0 Å². The van der Waals surface area contributed by atoms with E-state index < -0.39 is 12.3 Å². The fourth-order valence-corrected chi connectivity index (χ4v) is 1.47. The third kappa shape index (κ3) is 3.74. The summed E-state index contributed by atoms with van der Waals surface area (Å²) in [6, 6.07) is 6.38. The van der Waals surface area contributed by atoms with Crippen molar-refractivity contribution in [2.45, 2.75) is 13.3 Å². The lowest BCUT2D eigenvalue weighted by Crippen LogP contribution is -2.17. The van der Waals surface area contributed by atoms with Crippen molar-refractivity contribution < 1.29 is 22.7 Å². The molecule has 2 rings (SSSR count). The van der Waals surface area contributed by atoms with Gasteiger partial charge in [0, 0.05) is 11.4 Å². The lowest BCUT2D eigenvalue weighted by atomic mass is 10.3. The SMILES string of the molecule is Cc1cc(C(=O)Nc2ccc(OC(F)(F)F)cc2)n[nH]1. The Kier molecular flexibility index (Phi) is 3.64. The number of nitrogens with one attached hydrogen (secondary N) is 2. The molecule has 0 aliphatic heterocycles. The molecule has 0 saturated heterocycles. The van der Waals surface area contributed by atoms with Crippen LogP contribution in [-0.4, -0.2) is 22.5 Å². The summed E-state index contributed by atoms with van der Waals surface area (Å²) < 4.78 is 39.6. The molecule has 8 heteroatoms. The summed E-state index contributed by atoms with van der Waals surface area (Å²) in [5.74, 6) is -0.815. The van der Waals surface area contributed by atoms with Gasteiger partial charge in [-0.05, 0) is 37.3 Å². The number of carbonyl (C=O) groups excluding carboxylic acids is 1. The van der Waals surface area contributed by atoms with Crippen molar-refractivity contribution in [2.24, 2.45) is 0 Å². The molecule has 0 aliphatic carbocycles. The fourth-order valence-electron chi connectivity index (χ4n) is 1.47. The Balaban J connectivity index is 2.02. The predicted molar refractivity (Wildman–Crippen MR) is 64.4 cm³/mol. The zero-order valence-corrected chi connectivity index (χ0v) is 10.3. The number of aryl methyl sites for hydroxylation is 1. The highest BCUT2D eigenvalue weighted by molar-refractivity contribution is 6.02. The highest BCUT2D eigenvalue weighted by Crippen LogP contribution is 2.24. The minimum absolute atomic E-state index is 0.193. The molecule has 0 radical (unpaired) electrons. The standard InChI is InChI=1S/C12H10F3N3O2/c1-7-6-10(18-17-7)11(19)16-8-2-4-9(5-3-8)20-12(13,14)15/h2-6H,1H3,(H,16,19)(H,17,18). The van der Waals surface area contributed by atoms with Crippen molar-refractivity contribution in [1.29, 1.82) is 0 Å². The van der Waals surface area contributed by atoms with Crippen molar-refractivity contribution in [1.82, 2.24) is 10.2 Å². The van der Waals surface area contributed by atoms with Crippen LogP contribution in [0.4, 0.5) is 18.9 Å². The molecular weight excluding hydrogens is 275 g/mol. The highest BCUT2D eigenvalue weighted by atomic mass is 19.4. The van der Waals surface area contributed by atoms with Crippen LogP contribution in [0, 0.1) is 6.92 Å². The Bertz CT molecular complexity index is 605. The quantitative estimate of drug-likeness (QED) is 0.911. The Morgan fingerprint density at radius 3 is 2.45 bits per heavy atom. The number of nitrogens with zero attached hydrogens (tertiary/aromatic N) is 1. The second-order valence-corrected chi connectivity index (χ2v) is 3.96. The molecule has 0 aliphatic rings. The number of halogens is 3. The lowest BCUT2D eigenvalue weighted by molar-refractivity contribution is -0.274. The van der Waals surface area contributed by atoms with Gasteiger partial charge < -0.3 is 10.1 Å². The van der Waals surface area contributed by atoms with E-state index in [1.165, 1.54) is 12.1 Å². The van der Waals surface area contributed by atoms with E-state index in [2.05, 4.69) is 20.3 Å². The molecule has 0 saturated carbocycles. The number of anilines is 1. The van der Waals surface area contributed by atoms with Gasteiger partial charge in [-0.2, -0.15) is 5.10 Å². The van der Waals surface area contributed by atoms with Crippen LogP contribution in [0.1, 0.15) is 16.2 Å². The Morgan fingerprint density at radius 1 is 1.30 bits per heavy atom. The molecule has 1 aromatic carbocycles. The van der Waals surface area contributed by atoms with Crippen LogP contribution >= 0.6 is 0 Å². The van der Waals surface area contributed by atoms with Gasteiger partial charge in [-0.3, -0.25) is 9.89 Å². The number of amides is 1. The van der Waals surface area contributed by atoms with Gasteiger partial charge in [0.15, 0.2) is 5.69 Å². The van der Waals surface area contributed by atoms with E-state index in [-0.39, 0.29) is 11.4 Å². The van der Waals surface area contributed by atoms with Gasteiger partial charge in [-0.15, -0.1) is 13.2 Å². The summed E-state index contributed by atoms with van der Waals surface area (Å²) in [5, 5.41) is 8.89. The predicted octanol–water partition coefficient (Wildman–Crippen LogP) is 2.87. The lowest BCUT2D eigenvalue weighted by Gasteiger charge is -2.09. The zero-order valence-electron chi connectivity index (χ0n) is 10.3. The Labute approximate surface area is 111 Å². The second-order valence-electron chi connectivity index (χ2n) is 3.96.